The predicted octanol–water partition coefficient (Wildman–Crippen LogP) is 35.5. The van der Waals surface area contributed by atoms with Crippen LogP contribution in [-0.4, -0.2) is 46.9 Å². The zero-order chi connectivity index (χ0) is 97.9. The summed E-state index contributed by atoms with van der Waals surface area (Å²) >= 11 is 0. The molecule has 0 bridgehead atoms. The summed E-state index contributed by atoms with van der Waals surface area (Å²) in [6.07, 6.45) is 5.72. The maximum absolute atomic E-state index is 14.5. The maximum Gasteiger partial charge on any atom is 0.143 e. The van der Waals surface area contributed by atoms with Gasteiger partial charge in [-0.15, -0.1) is 0 Å². The summed E-state index contributed by atoms with van der Waals surface area (Å²) in [6, 6.07) is 165. The van der Waals surface area contributed by atoms with Gasteiger partial charge in [-0.05, 0) is 215 Å². The quantitative estimate of drug-likeness (QED) is 0.119. The Labute approximate surface area is 852 Å². The number of fused-ring (bicyclic) bond motifs is 30. The van der Waals surface area contributed by atoms with Crippen LogP contribution < -0.4 is 0 Å². The second-order valence-electron chi connectivity index (χ2n) is 39.4. The molecule has 0 N–H and O–H groups in total. The monoisotopic (exact) mass is 1910 g/mol. The molecular formula is C136H77N11O3. The van der Waals surface area contributed by atoms with Gasteiger partial charge >= 0.3 is 0 Å². The minimum absolute atomic E-state index is 0.340. The summed E-state index contributed by atoms with van der Waals surface area (Å²) in [5.41, 5.74) is 35.2. The molecule has 33 aromatic rings. The average Bonchev–Trinajstić information content (AvgIpc) is 1.50. The number of nitrogens with zero attached hydrogens (tertiary/aromatic N) is 11. The second-order valence-corrected chi connectivity index (χ2v) is 39.4. The van der Waals surface area contributed by atoms with Crippen molar-refractivity contribution >= 4 is 219 Å². The van der Waals surface area contributed by atoms with Crippen LogP contribution in [0.15, 0.2) is 481 Å². The van der Waals surface area contributed by atoms with Crippen LogP contribution in [0.25, 0.3) is 314 Å². The van der Waals surface area contributed by atoms with Gasteiger partial charge in [-0.1, -0.05) is 273 Å². The highest BCUT2D eigenvalue weighted by Crippen LogP contribution is 2.55. The molecule has 14 nitrogen and oxygen atoms in total. The normalized spacial score (nSPS) is 12.3. The van der Waals surface area contributed by atoms with Gasteiger partial charge in [0.2, 0.25) is 0 Å². The summed E-state index contributed by atoms with van der Waals surface area (Å²) < 4.78 is 38.0. The Morgan fingerprint density at radius 2 is 0.427 bits per heavy atom. The number of rotatable bonds is 12. The summed E-state index contributed by atoms with van der Waals surface area (Å²) in [5, 5.41) is 31.8. The van der Waals surface area contributed by atoms with Crippen molar-refractivity contribution in [3.8, 4) is 102 Å². The van der Waals surface area contributed by atoms with Crippen molar-refractivity contribution in [3.05, 3.63) is 473 Å². The molecule has 0 aliphatic carbocycles. The van der Waals surface area contributed by atoms with Crippen molar-refractivity contribution in [1.29, 1.82) is 5.26 Å². The van der Waals surface area contributed by atoms with Crippen molar-refractivity contribution in [2.24, 2.45) is 0 Å². The number of hydrogen-bond donors (Lipinski definition) is 0. The number of pyridine rings is 3. The van der Waals surface area contributed by atoms with E-state index in [0.717, 1.165) is 286 Å². The van der Waals surface area contributed by atoms with Crippen LogP contribution in [0.1, 0.15) is 5.56 Å². The van der Waals surface area contributed by atoms with Crippen LogP contribution in [0.4, 0.5) is 0 Å². The highest BCUT2D eigenvalue weighted by Gasteiger charge is 2.39. The van der Waals surface area contributed by atoms with Gasteiger partial charge in [0.1, 0.15) is 45.1 Å². The van der Waals surface area contributed by atoms with Crippen LogP contribution >= 0.6 is 0 Å². The van der Waals surface area contributed by atoms with Crippen molar-refractivity contribution in [3.63, 3.8) is 0 Å². The van der Waals surface area contributed by atoms with Crippen molar-refractivity contribution in [2.75, 3.05) is 0 Å². The molecule has 0 amide bonds. The smallest absolute Gasteiger partial charge is 0.143 e. The van der Waals surface area contributed by atoms with E-state index in [-0.39, 0.29) is 0 Å². The number of furan rings is 3. The van der Waals surface area contributed by atoms with E-state index in [9.17, 15) is 5.26 Å². The first-order chi connectivity index (χ1) is 74.4. The molecule has 33 rings (SSSR count). The lowest BCUT2D eigenvalue weighted by Crippen LogP contribution is -2.19. The standard InChI is InChI=1S/C136H77N11O3/c137-78-108-129(145-117-63-56-83(73-105(117)126-120(145)48-24-68-138-126)88-38-21-41-98-95-35-11-18-51-123(95)148-134(88)98)131(143-111-46-16-9-33-93(111)103-76-86(59-66-115(103)143)141-109-44-14-7-31-91(109)101-71-81(54-61-113(101)141)79-27-3-1-4-28-79)133(147-119-65-58-85(75-107(119)128-122(147)50-26-70-140-128)90-40-23-43-100-97-37-13-20-53-125(97)150-136(90)100)132(130(108)146-118-64-57-84(74-106(118)127-121(146)49-25-69-139-127)89-39-22-42-99-96-36-12-19-52-124(96)149-135(89)99)144-112-47-17-10-34-94(112)104-77-87(60-67-116(104)144)142-110-45-15-8-32-92(110)102-72-82(55-62-114(102)142)80-29-5-2-6-30-80/h1-77H. The molecule has 13 aromatic heterocycles. The van der Waals surface area contributed by atoms with E-state index in [0.29, 0.717) is 34.0 Å². The third-order valence-electron chi connectivity index (χ3n) is 31.7. The SMILES string of the molecule is N#Cc1c(-n2c3ccc(-c4cccc5c4oc4ccccc45)cc3c3ncccc32)c(-n2c3ccccc3c3cc(-n4c5ccccc5c5cc(-c6ccccc6)ccc54)ccc32)c(-n2c3ccc(-c4cccc5c4oc4ccccc45)cc3c3ncccc32)c(-n2c3ccccc3c3cc(-n4c5ccccc5c5cc(-c6ccccc6)ccc54)ccc32)c1-n1c2ccc(-c3cccc4c3oc3ccccc34)cc2c2ncccc21. The first-order valence-electron chi connectivity index (χ1n) is 50.7. The fourth-order valence-electron chi connectivity index (χ4n) is 25.3. The molecule has 20 aromatic carbocycles. The second kappa shape index (κ2) is 31.2. The van der Waals surface area contributed by atoms with Gasteiger partial charge in [0.25, 0.3) is 0 Å². The van der Waals surface area contributed by atoms with E-state index < -0.39 is 0 Å². The number of para-hydroxylation sites is 10. The van der Waals surface area contributed by atoms with Gasteiger partial charge in [0.05, 0.1) is 122 Å². The molecule has 0 atom stereocenters. The van der Waals surface area contributed by atoms with E-state index in [1.54, 1.807) is 0 Å². The molecule has 0 aliphatic heterocycles. The third kappa shape index (κ3) is 11.5. The van der Waals surface area contributed by atoms with Gasteiger partial charge in [0, 0.05) is 138 Å². The molecular weight excluding hydrogens is 1840 g/mol. The summed E-state index contributed by atoms with van der Waals surface area (Å²) in [7, 11) is 0. The molecule has 0 saturated carbocycles. The first-order valence-corrected chi connectivity index (χ1v) is 50.7. The van der Waals surface area contributed by atoms with Gasteiger partial charge in [-0.3, -0.25) is 15.0 Å². The van der Waals surface area contributed by atoms with Crippen LogP contribution in [0.2, 0.25) is 0 Å². The van der Waals surface area contributed by atoms with Gasteiger partial charge in [-0.25, -0.2) is 0 Å². The van der Waals surface area contributed by atoms with Gasteiger partial charge in [0.15, 0.2) is 0 Å². The summed E-state index contributed by atoms with van der Waals surface area (Å²) in [5.74, 6) is 0. The Morgan fingerprint density at radius 1 is 0.173 bits per heavy atom. The van der Waals surface area contributed by atoms with Gasteiger partial charge < -0.3 is 45.2 Å². The zero-order valence-corrected chi connectivity index (χ0v) is 80.1. The molecule has 0 spiro atoms. The summed E-state index contributed by atoms with van der Waals surface area (Å²) in [4.78, 5) is 16.9. The topological polar surface area (TPSA) is 136 Å². The minimum Gasteiger partial charge on any atom is -0.455 e. The summed E-state index contributed by atoms with van der Waals surface area (Å²) in [6.45, 7) is 0. The Bertz CT molecular complexity index is 11300. The van der Waals surface area contributed by atoms with E-state index in [1.807, 2.05) is 61.1 Å². The Morgan fingerprint density at radius 3 is 0.787 bits per heavy atom. The molecule has 14 heteroatoms. The van der Waals surface area contributed by atoms with Crippen LogP contribution in [0.5, 0.6) is 0 Å². The Kier molecular flexibility index (Phi) is 17.0. The van der Waals surface area contributed by atoms with Crippen LogP contribution in [-0.2, 0) is 0 Å². The van der Waals surface area contributed by atoms with E-state index in [4.69, 9.17) is 28.2 Å². The van der Waals surface area contributed by atoms with E-state index in [1.165, 1.54) is 0 Å². The zero-order valence-electron chi connectivity index (χ0n) is 80.1. The Balaban J connectivity index is 0.766. The number of aromatic nitrogens is 10. The molecule has 0 unspecified atom stereocenters. The number of hydrogen-bond acceptors (Lipinski definition) is 7. The molecule has 0 saturated heterocycles. The fraction of sp³-hybridized carbons (Fsp3) is 0. The van der Waals surface area contributed by atoms with E-state index >= 15 is 0 Å². The lowest BCUT2D eigenvalue weighted by atomic mass is 9.99. The molecule has 0 aliphatic rings. The van der Waals surface area contributed by atoms with Crippen molar-refractivity contribution in [1.82, 2.24) is 46.9 Å². The average molecular weight is 1910 g/mol. The lowest BCUT2D eigenvalue weighted by molar-refractivity contribution is 0.669. The lowest BCUT2D eigenvalue weighted by Gasteiger charge is -2.30. The number of nitriles is 1. The van der Waals surface area contributed by atoms with Crippen molar-refractivity contribution in [2.45, 2.75) is 0 Å². The minimum atomic E-state index is 0.340. The first kappa shape index (κ1) is 81.8. The van der Waals surface area contributed by atoms with Crippen LogP contribution in [0, 0.1) is 11.3 Å². The predicted molar refractivity (Wildman–Crippen MR) is 614 cm³/mol. The van der Waals surface area contributed by atoms with E-state index in [2.05, 4.69) is 444 Å². The van der Waals surface area contributed by atoms with Crippen LogP contribution in [0.3, 0.4) is 0 Å². The Hall–Kier alpha value is -20.7. The molecule has 150 heavy (non-hydrogen) atoms. The highest BCUT2D eigenvalue weighted by molar-refractivity contribution is 6.23. The largest absolute Gasteiger partial charge is 0.455 e. The molecule has 0 radical (unpaired) electrons. The van der Waals surface area contributed by atoms with Gasteiger partial charge in [-0.2, -0.15) is 5.26 Å². The molecule has 694 valence electrons. The molecule has 0 fully saturated rings. The third-order valence-corrected chi connectivity index (χ3v) is 31.7. The van der Waals surface area contributed by atoms with Crippen molar-refractivity contribution < 1.29 is 13.3 Å². The fourth-order valence-corrected chi connectivity index (χ4v) is 25.3. The maximum atomic E-state index is 14.5. The number of benzene rings is 20. The molecule has 13 heterocycles. The highest BCUT2D eigenvalue weighted by atomic mass is 16.3.